The van der Waals surface area contributed by atoms with Crippen LogP contribution in [0.4, 0.5) is 0 Å². The fourth-order valence-electron chi connectivity index (χ4n) is 4.91. The molecule has 0 bridgehead atoms. The molecule has 5 rings (SSSR count). The molecule has 2 aliphatic rings. The van der Waals surface area contributed by atoms with Crippen LogP contribution in [0.5, 0.6) is 11.5 Å². The Morgan fingerprint density at radius 3 is 2.66 bits per heavy atom. The molecule has 2 aliphatic heterocycles. The number of fused-ring (bicyclic) bond motifs is 2. The Bertz CT molecular complexity index is 1290. The van der Waals surface area contributed by atoms with Crippen molar-refractivity contribution in [1.29, 1.82) is 0 Å². The van der Waals surface area contributed by atoms with Crippen molar-refractivity contribution in [2.24, 2.45) is 0 Å². The summed E-state index contributed by atoms with van der Waals surface area (Å²) in [7, 11) is 0. The largest absolute Gasteiger partial charge is 0.483 e. The first-order chi connectivity index (χ1) is 16.9. The fourth-order valence-corrected chi connectivity index (χ4v) is 4.91. The normalized spacial score (nSPS) is 16.7. The molecule has 8 nitrogen and oxygen atoms in total. The average Bonchev–Trinajstić information content (AvgIpc) is 3.48. The first kappa shape index (κ1) is 23.4. The van der Waals surface area contributed by atoms with E-state index in [2.05, 4.69) is 15.3 Å². The van der Waals surface area contributed by atoms with Crippen LogP contribution in [0.3, 0.4) is 0 Å². The van der Waals surface area contributed by atoms with Crippen molar-refractivity contribution in [3.8, 4) is 11.5 Å². The lowest BCUT2D eigenvalue weighted by Gasteiger charge is -2.18. The summed E-state index contributed by atoms with van der Waals surface area (Å²) in [6, 6.07) is 13.2. The Morgan fingerprint density at radius 2 is 1.86 bits per heavy atom. The van der Waals surface area contributed by atoms with E-state index in [4.69, 9.17) is 9.47 Å². The molecular weight excluding hydrogens is 444 g/mol. The molecule has 1 fully saturated rings. The number of ether oxygens (including phenoxy) is 2. The Labute approximate surface area is 204 Å². The Kier molecular flexibility index (Phi) is 6.47. The van der Waals surface area contributed by atoms with E-state index in [1.807, 2.05) is 56.3 Å². The van der Waals surface area contributed by atoms with Crippen molar-refractivity contribution < 1.29 is 14.3 Å². The van der Waals surface area contributed by atoms with Crippen LogP contribution in [0.25, 0.3) is 10.8 Å². The predicted molar refractivity (Wildman–Crippen MR) is 134 cm³/mol. The highest BCUT2D eigenvalue weighted by molar-refractivity contribution is 5.84. The third kappa shape index (κ3) is 5.17. The minimum atomic E-state index is -0.283. The number of rotatable bonds is 8. The minimum Gasteiger partial charge on any atom is -0.483 e. The predicted octanol–water partition coefficient (Wildman–Crippen LogP) is 2.90. The molecule has 0 aliphatic carbocycles. The monoisotopic (exact) mass is 476 g/mol. The molecule has 0 spiro atoms. The molecule has 0 radical (unpaired) electrons. The highest BCUT2D eigenvalue weighted by atomic mass is 16.5. The van der Waals surface area contributed by atoms with Gasteiger partial charge in [-0.25, -0.2) is 4.68 Å². The van der Waals surface area contributed by atoms with Gasteiger partial charge in [0.05, 0.1) is 24.2 Å². The quantitative estimate of drug-likeness (QED) is 0.538. The Hall–Kier alpha value is -3.39. The number of aromatic nitrogens is 2. The fraction of sp³-hybridized carbons (Fsp3) is 0.444. The van der Waals surface area contributed by atoms with E-state index in [0.29, 0.717) is 29.1 Å². The molecule has 3 aromatic rings. The second-order valence-electron chi connectivity index (χ2n) is 9.92. The summed E-state index contributed by atoms with van der Waals surface area (Å²) in [6.45, 7) is 7.61. The number of hydrogen-bond acceptors (Lipinski definition) is 6. The Morgan fingerprint density at radius 1 is 1.09 bits per heavy atom. The van der Waals surface area contributed by atoms with Gasteiger partial charge in [0.25, 0.3) is 11.5 Å². The highest BCUT2D eigenvalue weighted by Crippen LogP contribution is 2.41. The number of carbonyl (C=O) groups is 1. The number of para-hydroxylation sites is 1. The Balaban J connectivity index is 1.26. The molecule has 8 heteroatoms. The van der Waals surface area contributed by atoms with Gasteiger partial charge in [0.1, 0.15) is 5.60 Å². The number of nitrogens with one attached hydrogen (secondary N) is 1. The molecule has 184 valence electrons. The van der Waals surface area contributed by atoms with Crippen molar-refractivity contribution in [2.45, 2.75) is 51.8 Å². The molecule has 1 N–H and O–H groups in total. The molecule has 1 amide bonds. The third-order valence-electron chi connectivity index (χ3n) is 6.64. The van der Waals surface area contributed by atoms with Crippen LogP contribution in [-0.4, -0.2) is 52.4 Å². The zero-order valence-electron chi connectivity index (χ0n) is 20.4. The van der Waals surface area contributed by atoms with E-state index >= 15 is 0 Å². The van der Waals surface area contributed by atoms with E-state index in [1.54, 1.807) is 0 Å². The number of amides is 1. The summed E-state index contributed by atoms with van der Waals surface area (Å²) in [5, 5.41) is 8.88. The lowest BCUT2D eigenvalue weighted by molar-refractivity contribution is -0.123. The maximum Gasteiger partial charge on any atom is 0.274 e. The molecule has 2 aromatic carbocycles. The van der Waals surface area contributed by atoms with Gasteiger partial charge in [-0.3, -0.25) is 9.59 Å². The maximum absolute atomic E-state index is 13.0. The van der Waals surface area contributed by atoms with Gasteiger partial charge in [0, 0.05) is 23.9 Å². The van der Waals surface area contributed by atoms with Gasteiger partial charge in [-0.05, 0) is 51.9 Å². The smallest absolute Gasteiger partial charge is 0.274 e. The van der Waals surface area contributed by atoms with Crippen molar-refractivity contribution >= 4 is 16.7 Å². The standard InChI is InChI=1S/C27H32N4O4/c1-27(2)16-19-8-7-11-23(25(19)35-27)34-18-24(32)28-17-22-20-9-3-4-10-21(20)26(33)31(29-22)15-14-30-12-5-6-13-30/h3-4,7-11H,5-6,12-18H2,1-2H3,(H,28,32). The van der Waals surface area contributed by atoms with Crippen molar-refractivity contribution in [1.82, 2.24) is 20.0 Å². The van der Waals surface area contributed by atoms with Crippen LogP contribution in [0.15, 0.2) is 47.3 Å². The van der Waals surface area contributed by atoms with E-state index in [0.717, 1.165) is 37.0 Å². The molecule has 1 aromatic heterocycles. The molecule has 1 saturated heterocycles. The van der Waals surface area contributed by atoms with Gasteiger partial charge < -0.3 is 19.7 Å². The average molecular weight is 477 g/mol. The molecule has 35 heavy (non-hydrogen) atoms. The van der Waals surface area contributed by atoms with Crippen LogP contribution in [-0.2, 0) is 24.3 Å². The van der Waals surface area contributed by atoms with Crippen molar-refractivity contribution in [2.75, 3.05) is 26.2 Å². The minimum absolute atomic E-state index is 0.0981. The van der Waals surface area contributed by atoms with Crippen LogP contribution < -0.4 is 20.3 Å². The number of likely N-dealkylation sites (tertiary alicyclic amines) is 1. The summed E-state index contributed by atoms with van der Waals surface area (Å²) in [5.74, 6) is 1.02. The SMILES string of the molecule is CC1(C)Cc2cccc(OCC(=O)NCc3nn(CCN4CCCC4)c(=O)c4ccccc34)c2O1. The van der Waals surface area contributed by atoms with Gasteiger partial charge in [0.2, 0.25) is 0 Å². The van der Waals surface area contributed by atoms with E-state index in [1.165, 1.54) is 17.5 Å². The van der Waals surface area contributed by atoms with Gasteiger partial charge in [0.15, 0.2) is 18.1 Å². The highest BCUT2D eigenvalue weighted by Gasteiger charge is 2.32. The van der Waals surface area contributed by atoms with Gasteiger partial charge in [-0.2, -0.15) is 5.10 Å². The van der Waals surface area contributed by atoms with Crippen molar-refractivity contribution in [3.05, 3.63) is 64.1 Å². The van der Waals surface area contributed by atoms with Gasteiger partial charge >= 0.3 is 0 Å². The first-order valence-electron chi connectivity index (χ1n) is 12.3. The lowest BCUT2D eigenvalue weighted by atomic mass is 10.0. The van der Waals surface area contributed by atoms with Crippen molar-refractivity contribution in [3.63, 3.8) is 0 Å². The van der Waals surface area contributed by atoms with Gasteiger partial charge in [-0.15, -0.1) is 0 Å². The zero-order chi connectivity index (χ0) is 24.4. The van der Waals surface area contributed by atoms with E-state index in [9.17, 15) is 9.59 Å². The summed E-state index contributed by atoms with van der Waals surface area (Å²) >= 11 is 0. The van der Waals surface area contributed by atoms with Crippen LogP contribution in [0.1, 0.15) is 37.9 Å². The third-order valence-corrected chi connectivity index (χ3v) is 6.64. The topological polar surface area (TPSA) is 85.7 Å². The summed E-state index contributed by atoms with van der Waals surface area (Å²) in [4.78, 5) is 28.0. The summed E-state index contributed by atoms with van der Waals surface area (Å²) < 4.78 is 13.3. The lowest BCUT2D eigenvalue weighted by Crippen LogP contribution is -2.33. The molecule has 0 saturated carbocycles. The van der Waals surface area contributed by atoms with Crippen LogP contribution in [0.2, 0.25) is 0 Å². The molecule has 0 unspecified atom stereocenters. The van der Waals surface area contributed by atoms with Crippen LogP contribution in [0, 0.1) is 0 Å². The summed E-state index contributed by atoms with van der Waals surface area (Å²) in [6.07, 6.45) is 3.21. The molecule has 3 heterocycles. The summed E-state index contributed by atoms with van der Waals surface area (Å²) in [5.41, 5.74) is 1.37. The number of carbonyl (C=O) groups excluding carboxylic acids is 1. The van der Waals surface area contributed by atoms with E-state index in [-0.39, 0.29) is 30.2 Å². The maximum atomic E-state index is 13.0. The first-order valence-corrected chi connectivity index (χ1v) is 12.3. The molecule has 0 atom stereocenters. The molecular formula is C27H32N4O4. The van der Waals surface area contributed by atoms with Crippen LogP contribution >= 0.6 is 0 Å². The number of hydrogen-bond donors (Lipinski definition) is 1. The number of benzene rings is 2. The zero-order valence-corrected chi connectivity index (χ0v) is 20.4. The second kappa shape index (κ2) is 9.70. The van der Waals surface area contributed by atoms with E-state index < -0.39 is 0 Å². The van der Waals surface area contributed by atoms with Gasteiger partial charge in [-0.1, -0.05) is 30.3 Å². The number of nitrogens with zero attached hydrogens (tertiary/aromatic N) is 3. The second-order valence-corrected chi connectivity index (χ2v) is 9.92.